The van der Waals surface area contributed by atoms with E-state index in [1.807, 2.05) is 12.1 Å². The third-order valence-electron chi connectivity index (χ3n) is 4.00. The normalized spacial score (nSPS) is 10.5. The van der Waals surface area contributed by atoms with Crippen LogP contribution < -0.4 is 5.73 Å². The zero-order chi connectivity index (χ0) is 17.5. The standard InChI is InChI=1S/C20H24N2O2/c1-15(23)6-7-16-8-10-18(11-9-16)19-5-3-4-17(12-19)14-22(2)20(24)13-21/h3-5,8-12H,6-7,13-14,21H2,1-2H3. The molecule has 24 heavy (non-hydrogen) atoms. The van der Waals surface area contributed by atoms with E-state index in [2.05, 4.69) is 36.4 Å². The molecule has 0 radical (unpaired) electrons. The minimum Gasteiger partial charge on any atom is -0.340 e. The van der Waals surface area contributed by atoms with E-state index < -0.39 is 0 Å². The fourth-order valence-corrected chi connectivity index (χ4v) is 2.55. The number of nitrogens with two attached hydrogens (primary N) is 1. The Kier molecular flexibility index (Phi) is 6.27. The first-order valence-electron chi connectivity index (χ1n) is 8.11. The van der Waals surface area contributed by atoms with E-state index in [4.69, 9.17) is 5.73 Å². The first-order valence-corrected chi connectivity index (χ1v) is 8.11. The van der Waals surface area contributed by atoms with Gasteiger partial charge in [-0.05, 0) is 41.7 Å². The molecule has 0 spiro atoms. The van der Waals surface area contributed by atoms with Crippen LogP contribution >= 0.6 is 0 Å². The van der Waals surface area contributed by atoms with Gasteiger partial charge in [-0.2, -0.15) is 0 Å². The van der Waals surface area contributed by atoms with Gasteiger partial charge in [-0.3, -0.25) is 4.79 Å². The Bertz CT molecular complexity index is 708. The second kappa shape index (κ2) is 8.41. The third-order valence-corrected chi connectivity index (χ3v) is 4.00. The zero-order valence-corrected chi connectivity index (χ0v) is 14.3. The van der Waals surface area contributed by atoms with Crippen molar-refractivity contribution in [1.82, 2.24) is 4.90 Å². The van der Waals surface area contributed by atoms with Gasteiger partial charge in [0.15, 0.2) is 0 Å². The second-order valence-electron chi connectivity index (χ2n) is 6.05. The molecule has 4 heteroatoms. The van der Waals surface area contributed by atoms with Gasteiger partial charge >= 0.3 is 0 Å². The SMILES string of the molecule is CC(=O)CCc1ccc(-c2cccc(CN(C)C(=O)CN)c2)cc1. The highest BCUT2D eigenvalue weighted by atomic mass is 16.2. The van der Waals surface area contributed by atoms with Crippen LogP contribution in [0.5, 0.6) is 0 Å². The summed E-state index contributed by atoms with van der Waals surface area (Å²) in [6, 6.07) is 16.4. The molecule has 4 nitrogen and oxygen atoms in total. The first-order chi connectivity index (χ1) is 11.5. The van der Waals surface area contributed by atoms with Gasteiger partial charge in [-0.25, -0.2) is 0 Å². The van der Waals surface area contributed by atoms with E-state index >= 15 is 0 Å². The molecule has 2 rings (SSSR count). The van der Waals surface area contributed by atoms with Crippen LogP contribution in [0.3, 0.4) is 0 Å². The Morgan fingerprint density at radius 3 is 2.33 bits per heavy atom. The van der Waals surface area contributed by atoms with Crippen LogP contribution in [0.1, 0.15) is 24.5 Å². The van der Waals surface area contributed by atoms with Gasteiger partial charge in [-0.15, -0.1) is 0 Å². The molecule has 2 aromatic carbocycles. The number of aryl methyl sites for hydroxylation is 1. The van der Waals surface area contributed by atoms with Gasteiger partial charge in [0, 0.05) is 20.0 Å². The average Bonchev–Trinajstić information content (AvgIpc) is 2.59. The lowest BCUT2D eigenvalue weighted by molar-refractivity contribution is -0.128. The Balaban J connectivity index is 2.10. The van der Waals surface area contributed by atoms with Crippen molar-refractivity contribution in [2.45, 2.75) is 26.3 Å². The summed E-state index contributed by atoms with van der Waals surface area (Å²) in [5, 5.41) is 0. The van der Waals surface area contributed by atoms with E-state index in [-0.39, 0.29) is 18.2 Å². The van der Waals surface area contributed by atoms with E-state index in [9.17, 15) is 9.59 Å². The molecule has 2 aromatic rings. The predicted octanol–water partition coefficient (Wildman–Crippen LogP) is 2.79. The van der Waals surface area contributed by atoms with Crippen molar-refractivity contribution in [3.05, 3.63) is 59.7 Å². The Labute approximate surface area is 143 Å². The van der Waals surface area contributed by atoms with E-state index in [1.165, 1.54) is 5.56 Å². The predicted molar refractivity (Wildman–Crippen MR) is 96.4 cm³/mol. The van der Waals surface area contributed by atoms with Crippen LogP contribution in [0.2, 0.25) is 0 Å². The molecule has 2 N–H and O–H groups in total. The lowest BCUT2D eigenvalue weighted by Crippen LogP contribution is -2.32. The number of hydrogen-bond donors (Lipinski definition) is 1. The van der Waals surface area contributed by atoms with Crippen LogP contribution in [-0.2, 0) is 22.6 Å². The number of ketones is 1. The average molecular weight is 324 g/mol. The van der Waals surface area contributed by atoms with Gasteiger partial charge in [0.2, 0.25) is 5.91 Å². The fourth-order valence-electron chi connectivity index (χ4n) is 2.55. The summed E-state index contributed by atoms with van der Waals surface area (Å²) in [5.41, 5.74) is 9.86. The minimum atomic E-state index is -0.0739. The molecule has 0 aromatic heterocycles. The third kappa shape index (κ3) is 5.03. The molecule has 126 valence electrons. The van der Waals surface area contributed by atoms with E-state index in [0.29, 0.717) is 13.0 Å². The lowest BCUT2D eigenvalue weighted by Gasteiger charge is -2.16. The molecule has 0 heterocycles. The van der Waals surface area contributed by atoms with Crippen molar-refractivity contribution in [2.75, 3.05) is 13.6 Å². The number of nitrogens with zero attached hydrogens (tertiary/aromatic N) is 1. The fraction of sp³-hybridized carbons (Fsp3) is 0.300. The number of hydrogen-bond acceptors (Lipinski definition) is 3. The summed E-state index contributed by atoms with van der Waals surface area (Å²) in [6.45, 7) is 2.19. The lowest BCUT2D eigenvalue weighted by atomic mass is 10.00. The summed E-state index contributed by atoms with van der Waals surface area (Å²) in [4.78, 5) is 24.3. The van der Waals surface area contributed by atoms with Crippen molar-refractivity contribution in [1.29, 1.82) is 0 Å². The summed E-state index contributed by atoms with van der Waals surface area (Å²) in [7, 11) is 1.76. The van der Waals surface area contributed by atoms with Crippen molar-refractivity contribution in [3.8, 4) is 11.1 Å². The molecule has 0 fully saturated rings. The van der Waals surface area contributed by atoms with Crippen LogP contribution in [0.4, 0.5) is 0 Å². The number of amides is 1. The summed E-state index contributed by atoms with van der Waals surface area (Å²) >= 11 is 0. The largest absolute Gasteiger partial charge is 0.340 e. The van der Waals surface area contributed by atoms with Gasteiger partial charge in [0.1, 0.15) is 5.78 Å². The van der Waals surface area contributed by atoms with Crippen LogP contribution in [0.25, 0.3) is 11.1 Å². The summed E-state index contributed by atoms with van der Waals surface area (Å²) in [6.07, 6.45) is 1.36. The molecule has 0 aliphatic rings. The Hall–Kier alpha value is -2.46. The number of benzene rings is 2. The monoisotopic (exact) mass is 324 g/mol. The highest BCUT2D eigenvalue weighted by molar-refractivity contribution is 5.77. The highest BCUT2D eigenvalue weighted by Gasteiger charge is 2.07. The van der Waals surface area contributed by atoms with Gasteiger partial charge in [0.25, 0.3) is 0 Å². The summed E-state index contributed by atoms with van der Waals surface area (Å²) < 4.78 is 0. The van der Waals surface area contributed by atoms with Gasteiger partial charge in [0.05, 0.1) is 6.54 Å². The number of Topliss-reactive ketones (excluding diaryl/α,β-unsaturated/α-hetero) is 1. The molecule has 0 saturated heterocycles. The first kappa shape index (κ1) is 17.9. The molecule has 0 bridgehead atoms. The minimum absolute atomic E-state index is 0.0257. The molecular formula is C20H24N2O2. The number of carbonyl (C=O) groups is 2. The second-order valence-corrected chi connectivity index (χ2v) is 6.05. The topological polar surface area (TPSA) is 63.4 Å². The van der Waals surface area contributed by atoms with Crippen molar-refractivity contribution < 1.29 is 9.59 Å². The van der Waals surface area contributed by atoms with Gasteiger partial charge < -0.3 is 15.4 Å². The quantitative estimate of drug-likeness (QED) is 0.852. The molecule has 0 aliphatic carbocycles. The van der Waals surface area contributed by atoms with Crippen molar-refractivity contribution in [3.63, 3.8) is 0 Å². The van der Waals surface area contributed by atoms with Crippen molar-refractivity contribution >= 4 is 11.7 Å². The van der Waals surface area contributed by atoms with Crippen LogP contribution in [0, 0.1) is 0 Å². The smallest absolute Gasteiger partial charge is 0.236 e. The maximum atomic E-state index is 11.6. The van der Waals surface area contributed by atoms with Gasteiger partial charge in [-0.1, -0.05) is 42.5 Å². The molecule has 1 amide bonds. The van der Waals surface area contributed by atoms with Crippen LogP contribution in [-0.4, -0.2) is 30.2 Å². The molecule has 0 atom stereocenters. The molecule has 0 aliphatic heterocycles. The molecular weight excluding hydrogens is 300 g/mol. The molecule has 0 saturated carbocycles. The van der Waals surface area contributed by atoms with E-state index in [0.717, 1.165) is 23.1 Å². The zero-order valence-electron chi connectivity index (χ0n) is 14.3. The number of likely N-dealkylation sites (N-methyl/N-ethyl adjacent to an activating group) is 1. The Morgan fingerprint density at radius 2 is 1.71 bits per heavy atom. The van der Waals surface area contributed by atoms with E-state index in [1.54, 1.807) is 18.9 Å². The molecule has 0 unspecified atom stereocenters. The summed E-state index contributed by atoms with van der Waals surface area (Å²) in [5.74, 6) is 0.137. The maximum absolute atomic E-state index is 11.6. The number of carbonyl (C=O) groups excluding carboxylic acids is 2. The van der Waals surface area contributed by atoms with Crippen molar-refractivity contribution in [2.24, 2.45) is 5.73 Å². The Morgan fingerprint density at radius 1 is 1.00 bits per heavy atom. The van der Waals surface area contributed by atoms with Crippen LogP contribution in [0.15, 0.2) is 48.5 Å². The number of rotatable bonds is 7. The highest BCUT2D eigenvalue weighted by Crippen LogP contribution is 2.22. The maximum Gasteiger partial charge on any atom is 0.236 e.